The number of rotatable bonds is 5. The average molecular weight is 194 g/mol. The monoisotopic (exact) mass is 194 g/mol. The first-order valence-electron chi connectivity index (χ1n) is 5.61. The van der Waals surface area contributed by atoms with Crippen molar-refractivity contribution in [3.8, 4) is 0 Å². The normalized spacial score (nSPS) is 26.3. The van der Waals surface area contributed by atoms with E-state index >= 15 is 0 Å². The van der Waals surface area contributed by atoms with Gasteiger partial charge in [0.25, 0.3) is 0 Å². The van der Waals surface area contributed by atoms with E-state index < -0.39 is 0 Å². The number of hydrogen-bond donors (Lipinski definition) is 2. The van der Waals surface area contributed by atoms with Gasteiger partial charge in [-0.25, -0.2) is 0 Å². The molecule has 0 bridgehead atoms. The summed E-state index contributed by atoms with van der Waals surface area (Å²) in [5.41, 5.74) is 7.00. The summed E-state index contributed by atoms with van der Waals surface area (Å²) in [6, 6.07) is 0. The summed E-state index contributed by atoms with van der Waals surface area (Å²) in [6.07, 6.45) is 11.0. The summed E-state index contributed by atoms with van der Waals surface area (Å²) < 4.78 is 0. The molecule has 0 aromatic carbocycles. The molecule has 0 amide bonds. The van der Waals surface area contributed by atoms with Crippen LogP contribution in [-0.2, 0) is 0 Å². The predicted octanol–water partition coefficient (Wildman–Crippen LogP) is 2.33. The summed E-state index contributed by atoms with van der Waals surface area (Å²) in [4.78, 5) is 0. The third kappa shape index (κ3) is 2.88. The Morgan fingerprint density at radius 3 is 2.86 bits per heavy atom. The number of allylic oxidation sites excluding steroid dienone is 2. The Bertz CT molecular complexity index is 230. The van der Waals surface area contributed by atoms with Crippen molar-refractivity contribution in [1.82, 2.24) is 5.32 Å². The molecule has 80 valence electrons. The molecule has 1 aliphatic rings. The summed E-state index contributed by atoms with van der Waals surface area (Å²) in [7, 11) is 0. The predicted molar refractivity (Wildman–Crippen MR) is 62.0 cm³/mol. The second kappa shape index (κ2) is 5.20. The fourth-order valence-corrected chi connectivity index (χ4v) is 2.06. The number of likely N-dealkylation sites (N-methyl/N-ethyl adjacent to an activating group) is 1. The van der Waals surface area contributed by atoms with Gasteiger partial charge in [0.2, 0.25) is 0 Å². The van der Waals surface area contributed by atoms with E-state index in [2.05, 4.69) is 31.3 Å². The third-order valence-electron chi connectivity index (χ3n) is 2.75. The van der Waals surface area contributed by atoms with Crippen LogP contribution in [0.3, 0.4) is 0 Å². The molecule has 2 nitrogen and oxygen atoms in total. The van der Waals surface area contributed by atoms with Gasteiger partial charge >= 0.3 is 0 Å². The largest absolute Gasteiger partial charge is 0.402 e. The van der Waals surface area contributed by atoms with Gasteiger partial charge in [-0.3, -0.25) is 0 Å². The molecule has 1 rings (SSSR count). The SMILES string of the molecule is CCCCC1(NCC)C=CC=C(N)C1. The van der Waals surface area contributed by atoms with Crippen molar-refractivity contribution in [1.29, 1.82) is 0 Å². The number of unbranched alkanes of at least 4 members (excludes halogenated alkanes) is 1. The van der Waals surface area contributed by atoms with Crippen molar-refractivity contribution in [3.05, 3.63) is 23.9 Å². The Morgan fingerprint density at radius 1 is 1.50 bits per heavy atom. The van der Waals surface area contributed by atoms with Gasteiger partial charge in [-0.2, -0.15) is 0 Å². The van der Waals surface area contributed by atoms with E-state index in [4.69, 9.17) is 5.73 Å². The van der Waals surface area contributed by atoms with Crippen molar-refractivity contribution < 1.29 is 0 Å². The van der Waals surface area contributed by atoms with Crippen molar-refractivity contribution in [3.63, 3.8) is 0 Å². The Hall–Kier alpha value is -0.760. The number of hydrogen-bond acceptors (Lipinski definition) is 2. The van der Waals surface area contributed by atoms with Gasteiger partial charge in [0.05, 0.1) is 0 Å². The van der Waals surface area contributed by atoms with Gasteiger partial charge in [0.15, 0.2) is 0 Å². The summed E-state index contributed by atoms with van der Waals surface area (Å²) in [5, 5.41) is 3.56. The lowest BCUT2D eigenvalue weighted by molar-refractivity contribution is 0.364. The van der Waals surface area contributed by atoms with Crippen molar-refractivity contribution in [2.75, 3.05) is 6.54 Å². The standard InChI is InChI=1S/C12H22N2/c1-3-5-8-12(14-4-2)9-6-7-11(13)10-12/h6-7,9,14H,3-5,8,10,13H2,1-2H3. The highest BCUT2D eigenvalue weighted by molar-refractivity contribution is 5.25. The van der Waals surface area contributed by atoms with Crippen LogP contribution in [-0.4, -0.2) is 12.1 Å². The summed E-state index contributed by atoms with van der Waals surface area (Å²) in [5.74, 6) is 0. The smallest absolute Gasteiger partial charge is 0.0422 e. The first-order valence-corrected chi connectivity index (χ1v) is 5.61. The molecule has 0 heterocycles. The second-order valence-corrected chi connectivity index (χ2v) is 4.07. The Labute approximate surface area is 87.3 Å². The molecule has 0 fully saturated rings. The molecular weight excluding hydrogens is 172 g/mol. The van der Waals surface area contributed by atoms with E-state index in [0.717, 1.165) is 18.7 Å². The van der Waals surface area contributed by atoms with Gasteiger partial charge in [-0.05, 0) is 19.0 Å². The minimum absolute atomic E-state index is 0.129. The second-order valence-electron chi connectivity index (χ2n) is 4.07. The van der Waals surface area contributed by atoms with Crippen LogP contribution in [0.2, 0.25) is 0 Å². The minimum atomic E-state index is 0.129. The van der Waals surface area contributed by atoms with Gasteiger partial charge in [-0.1, -0.05) is 38.8 Å². The lowest BCUT2D eigenvalue weighted by Crippen LogP contribution is -2.45. The van der Waals surface area contributed by atoms with Crippen LogP contribution >= 0.6 is 0 Å². The van der Waals surface area contributed by atoms with Gasteiger partial charge < -0.3 is 11.1 Å². The van der Waals surface area contributed by atoms with Crippen LogP contribution < -0.4 is 11.1 Å². The first-order chi connectivity index (χ1) is 6.72. The average Bonchev–Trinajstić information content (AvgIpc) is 2.15. The van der Waals surface area contributed by atoms with E-state index in [0.29, 0.717) is 0 Å². The van der Waals surface area contributed by atoms with Gasteiger partial charge in [0.1, 0.15) is 0 Å². The van der Waals surface area contributed by atoms with E-state index in [1.807, 2.05) is 6.08 Å². The molecule has 0 aromatic rings. The zero-order valence-corrected chi connectivity index (χ0v) is 9.34. The molecule has 1 unspecified atom stereocenters. The molecular formula is C12H22N2. The van der Waals surface area contributed by atoms with E-state index in [-0.39, 0.29) is 5.54 Å². The van der Waals surface area contributed by atoms with Crippen molar-refractivity contribution in [2.45, 2.75) is 45.1 Å². The first kappa shape index (κ1) is 11.3. The zero-order chi connectivity index (χ0) is 10.4. The molecule has 2 heteroatoms. The van der Waals surface area contributed by atoms with Crippen molar-refractivity contribution >= 4 is 0 Å². The van der Waals surface area contributed by atoms with E-state index in [1.165, 1.54) is 19.3 Å². The molecule has 0 aliphatic heterocycles. The summed E-state index contributed by atoms with van der Waals surface area (Å²) >= 11 is 0. The zero-order valence-electron chi connectivity index (χ0n) is 9.34. The lowest BCUT2D eigenvalue weighted by Gasteiger charge is -2.34. The Morgan fingerprint density at radius 2 is 2.29 bits per heavy atom. The highest BCUT2D eigenvalue weighted by Crippen LogP contribution is 2.26. The Balaban J connectivity index is 2.63. The molecule has 0 saturated carbocycles. The molecule has 0 radical (unpaired) electrons. The molecule has 0 saturated heterocycles. The molecule has 1 atom stereocenters. The van der Waals surface area contributed by atoms with E-state index in [9.17, 15) is 0 Å². The van der Waals surface area contributed by atoms with Gasteiger partial charge in [-0.15, -0.1) is 0 Å². The minimum Gasteiger partial charge on any atom is -0.402 e. The quantitative estimate of drug-likeness (QED) is 0.705. The van der Waals surface area contributed by atoms with Crippen LogP contribution in [0.15, 0.2) is 23.9 Å². The van der Waals surface area contributed by atoms with Crippen LogP contribution in [0.5, 0.6) is 0 Å². The van der Waals surface area contributed by atoms with Crippen LogP contribution in [0.25, 0.3) is 0 Å². The summed E-state index contributed by atoms with van der Waals surface area (Å²) in [6.45, 7) is 5.38. The number of nitrogens with one attached hydrogen (secondary N) is 1. The Kier molecular flexibility index (Phi) is 4.21. The lowest BCUT2D eigenvalue weighted by atomic mass is 9.84. The number of nitrogens with two attached hydrogens (primary N) is 1. The highest BCUT2D eigenvalue weighted by atomic mass is 15.0. The van der Waals surface area contributed by atoms with Crippen LogP contribution in [0, 0.1) is 0 Å². The molecule has 1 aliphatic carbocycles. The topological polar surface area (TPSA) is 38.0 Å². The van der Waals surface area contributed by atoms with Crippen LogP contribution in [0.4, 0.5) is 0 Å². The third-order valence-corrected chi connectivity index (χ3v) is 2.75. The fraction of sp³-hybridized carbons (Fsp3) is 0.667. The molecule has 0 spiro atoms. The maximum Gasteiger partial charge on any atom is 0.0422 e. The molecule has 0 aromatic heterocycles. The van der Waals surface area contributed by atoms with Crippen molar-refractivity contribution in [2.24, 2.45) is 5.73 Å². The molecule has 3 N–H and O–H groups in total. The fourth-order valence-electron chi connectivity index (χ4n) is 2.06. The highest BCUT2D eigenvalue weighted by Gasteiger charge is 2.27. The van der Waals surface area contributed by atoms with Crippen LogP contribution in [0.1, 0.15) is 39.5 Å². The maximum absolute atomic E-state index is 5.88. The molecule has 14 heavy (non-hydrogen) atoms. The van der Waals surface area contributed by atoms with E-state index in [1.54, 1.807) is 0 Å². The van der Waals surface area contributed by atoms with Gasteiger partial charge in [0, 0.05) is 17.7 Å². The maximum atomic E-state index is 5.88.